The number of hydrogen-bond donors (Lipinski definition) is 1. The van der Waals surface area contributed by atoms with Gasteiger partial charge < -0.3 is 5.11 Å². The maximum Gasteiger partial charge on any atom is 0.138 e. The molecule has 0 saturated heterocycles. The molecule has 1 aliphatic carbocycles. The summed E-state index contributed by atoms with van der Waals surface area (Å²) in [5.41, 5.74) is 1.10. The first-order valence-corrected chi connectivity index (χ1v) is 6.02. The van der Waals surface area contributed by atoms with Crippen LogP contribution in [-0.4, -0.2) is 17.0 Å². The average molecular weight is 218 g/mol. The fraction of sp³-hybridized carbons (Fsp3) is 0.500. The molecule has 1 saturated carbocycles. The van der Waals surface area contributed by atoms with E-state index in [2.05, 4.69) is 0 Å². The normalized spacial score (nSPS) is 23.1. The van der Waals surface area contributed by atoms with Crippen LogP contribution < -0.4 is 0 Å². The van der Waals surface area contributed by atoms with E-state index in [0.717, 1.165) is 24.8 Å². The van der Waals surface area contributed by atoms with Crippen LogP contribution in [-0.2, 0) is 11.2 Å². The van der Waals surface area contributed by atoms with Crippen molar-refractivity contribution < 1.29 is 9.90 Å². The van der Waals surface area contributed by atoms with E-state index in [9.17, 15) is 9.90 Å². The van der Waals surface area contributed by atoms with Gasteiger partial charge in [0.25, 0.3) is 0 Å². The highest BCUT2D eigenvalue weighted by Gasteiger charge is 2.28. The van der Waals surface area contributed by atoms with E-state index in [-0.39, 0.29) is 11.7 Å². The predicted octanol–water partition coefficient (Wildman–Crippen LogP) is 2.35. The van der Waals surface area contributed by atoms with Gasteiger partial charge in [0.05, 0.1) is 6.10 Å². The molecule has 1 aliphatic rings. The number of aliphatic hydroxyl groups excluding tert-OH is 1. The minimum Gasteiger partial charge on any atom is -0.392 e. The zero-order chi connectivity index (χ0) is 11.4. The molecule has 0 heterocycles. The number of Topliss-reactive ketones (excluding diaryl/α,β-unsaturated/α-hetero) is 1. The highest BCUT2D eigenvalue weighted by Crippen LogP contribution is 2.25. The van der Waals surface area contributed by atoms with Crippen molar-refractivity contribution in [2.24, 2.45) is 5.92 Å². The second-order valence-corrected chi connectivity index (χ2v) is 4.58. The molecule has 0 spiro atoms. The van der Waals surface area contributed by atoms with Gasteiger partial charge in [0.15, 0.2) is 0 Å². The summed E-state index contributed by atoms with van der Waals surface area (Å²) in [6.07, 6.45) is 3.66. The molecular weight excluding hydrogens is 200 g/mol. The molecule has 2 nitrogen and oxygen atoms in total. The summed E-state index contributed by atoms with van der Waals surface area (Å²) in [7, 11) is 0. The van der Waals surface area contributed by atoms with Crippen LogP contribution in [0, 0.1) is 5.92 Å². The first kappa shape index (κ1) is 11.3. The third-order valence-corrected chi connectivity index (χ3v) is 3.35. The van der Waals surface area contributed by atoms with Gasteiger partial charge in [-0.3, -0.25) is 4.79 Å². The highest BCUT2D eigenvalue weighted by molar-refractivity contribution is 5.82. The summed E-state index contributed by atoms with van der Waals surface area (Å²) in [5.74, 6) is 0.114. The summed E-state index contributed by atoms with van der Waals surface area (Å²) < 4.78 is 0. The van der Waals surface area contributed by atoms with E-state index in [4.69, 9.17) is 0 Å². The Kier molecular flexibility index (Phi) is 3.73. The zero-order valence-corrected chi connectivity index (χ0v) is 9.43. The number of ketones is 1. The van der Waals surface area contributed by atoms with Gasteiger partial charge in [0, 0.05) is 12.3 Å². The van der Waals surface area contributed by atoms with Crippen molar-refractivity contribution in [3.05, 3.63) is 35.9 Å². The first-order valence-electron chi connectivity index (χ1n) is 6.02. The van der Waals surface area contributed by atoms with Crippen molar-refractivity contribution in [3.63, 3.8) is 0 Å². The van der Waals surface area contributed by atoms with E-state index >= 15 is 0 Å². The molecule has 1 aromatic carbocycles. The Labute approximate surface area is 96.3 Å². The van der Waals surface area contributed by atoms with Crippen molar-refractivity contribution in [2.45, 2.75) is 38.2 Å². The molecule has 2 atom stereocenters. The lowest BCUT2D eigenvalue weighted by atomic mass is 9.82. The molecule has 1 fully saturated rings. The lowest BCUT2D eigenvalue weighted by Crippen LogP contribution is -2.32. The Morgan fingerprint density at radius 3 is 2.69 bits per heavy atom. The fourth-order valence-electron chi connectivity index (χ4n) is 2.41. The largest absolute Gasteiger partial charge is 0.392 e. The molecule has 0 unspecified atom stereocenters. The lowest BCUT2D eigenvalue weighted by Gasteiger charge is -2.25. The van der Waals surface area contributed by atoms with Gasteiger partial charge in [-0.25, -0.2) is 0 Å². The number of aliphatic hydroxyl groups is 1. The SMILES string of the molecule is O=C1CCCC[C@@H]1[C@@H](O)Cc1ccccc1. The number of hydrogen-bond acceptors (Lipinski definition) is 2. The first-order chi connectivity index (χ1) is 7.77. The van der Waals surface area contributed by atoms with Crippen LogP contribution >= 0.6 is 0 Å². The third kappa shape index (κ3) is 2.70. The molecule has 16 heavy (non-hydrogen) atoms. The van der Waals surface area contributed by atoms with E-state index in [0.29, 0.717) is 12.8 Å². The van der Waals surface area contributed by atoms with Gasteiger partial charge in [0.2, 0.25) is 0 Å². The topological polar surface area (TPSA) is 37.3 Å². The number of carbonyl (C=O) groups excluding carboxylic acids is 1. The Morgan fingerprint density at radius 2 is 2.00 bits per heavy atom. The lowest BCUT2D eigenvalue weighted by molar-refractivity contribution is -0.128. The molecule has 1 aromatic rings. The van der Waals surface area contributed by atoms with E-state index < -0.39 is 6.10 Å². The Balaban J connectivity index is 1.97. The van der Waals surface area contributed by atoms with Crippen molar-refractivity contribution in [3.8, 4) is 0 Å². The van der Waals surface area contributed by atoms with Gasteiger partial charge >= 0.3 is 0 Å². The fourth-order valence-corrected chi connectivity index (χ4v) is 2.41. The van der Waals surface area contributed by atoms with Gasteiger partial charge in [-0.05, 0) is 24.8 Å². The van der Waals surface area contributed by atoms with Crippen molar-refractivity contribution in [1.82, 2.24) is 0 Å². The number of carbonyl (C=O) groups is 1. The van der Waals surface area contributed by atoms with Crippen LogP contribution in [0.3, 0.4) is 0 Å². The molecule has 0 amide bonds. The smallest absolute Gasteiger partial charge is 0.138 e. The van der Waals surface area contributed by atoms with E-state index in [1.165, 1.54) is 0 Å². The van der Waals surface area contributed by atoms with E-state index in [1.807, 2.05) is 30.3 Å². The molecule has 0 aliphatic heterocycles. The minimum absolute atomic E-state index is 0.131. The minimum atomic E-state index is -0.504. The molecule has 2 rings (SSSR count). The van der Waals surface area contributed by atoms with Crippen LogP contribution in [0.2, 0.25) is 0 Å². The van der Waals surface area contributed by atoms with Crippen LogP contribution in [0.1, 0.15) is 31.2 Å². The van der Waals surface area contributed by atoms with Crippen molar-refractivity contribution in [2.75, 3.05) is 0 Å². The number of benzene rings is 1. The Morgan fingerprint density at radius 1 is 1.25 bits per heavy atom. The second-order valence-electron chi connectivity index (χ2n) is 4.58. The highest BCUT2D eigenvalue weighted by atomic mass is 16.3. The van der Waals surface area contributed by atoms with Gasteiger partial charge in [-0.2, -0.15) is 0 Å². The zero-order valence-electron chi connectivity index (χ0n) is 9.43. The maximum atomic E-state index is 11.7. The van der Waals surface area contributed by atoms with Crippen molar-refractivity contribution in [1.29, 1.82) is 0 Å². The number of rotatable bonds is 3. The van der Waals surface area contributed by atoms with Gasteiger partial charge in [-0.15, -0.1) is 0 Å². The van der Waals surface area contributed by atoms with Crippen LogP contribution in [0.25, 0.3) is 0 Å². The maximum absolute atomic E-state index is 11.7. The summed E-state index contributed by atoms with van der Waals surface area (Å²) in [6.45, 7) is 0. The van der Waals surface area contributed by atoms with Crippen molar-refractivity contribution >= 4 is 5.78 Å². The molecule has 2 heteroatoms. The summed E-state index contributed by atoms with van der Waals surface area (Å²) in [4.78, 5) is 11.7. The third-order valence-electron chi connectivity index (χ3n) is 3.35. The van der Waals surface area contributed by atoms with Crippen LogP contribution in [0.4, 0.5) is 0 Å². The molecule has 0 bridgehead atoms. The standard InChI is InChI=1S/C14H18O2/c15-13-9-5-4-8-12(13)14(16)10-11-6-2-1-3-7-11/h1-3,6-7,12,14,16H,4-5,8-10H2/t12-,14-/m0/s1. The molecule has 86 valence electrons. The quantitative estimate of drug-likeness (QED) is 0.845. The monoisotopic (exact) mass is 218 g/mol. The molecule has 0 radical (unpaired) electrons. The van der Waals surface area contributed by atoms with Gasteiger partial charge in [0.1, 0.15) is 5.78 Å². The Bertz CT molecular complexity index is 345. The molecule has 1 N–H and O–H groups in total. The molecule has 0 aromatic heterocycles. The van der Waals surface area contributed by atoms with Gasteiger partial charge in [-0.1, -0.05) is 36.8 Å². The second kappa shape index (κ2) is 5.26. The average Bonchev–Trinajstić information content (AvgIpc) is 2.31. The Hall–Kier alpha value is -1.15. The van der Waals surface area contributed by atoms with E-state index in [1.54, 1.807) is 0 Å². The van der Waals surface area contributed by atoms with Crippen LogP contribution in [0.15, 0.2) is 30.3 Å². The molecular formula is C14H18O2. The van der Waals surface area contributed by atoms with Crippen LogP contribution in [0.5, 0.6) is 0 Å². The summed E-state index contributed by atoms with van der Waals surface area (Å²) in [5, 5.41) is 10.1. The summed E-state index contributed by atoms with van der Waals surface area (Å²) in [6, 6.07) is 9.88. The summed E-state index contributed by atoms with van der Waals surface area (Å²) >= 11 is 0. The predicted molar refractivity (Wildman–Crippen MR) is 63.1 cm³/mol.